The Hall–Kier alpha value is -2.37. The fourth-order valence-electron chi connectivity index (χ4n) is 4.42. The van der Waals surface area contributed by atoms with Crippen molar-refractivity contribution in [2.75, 3.05) is 11.9 Å². The van der Waals surface area contributed by atoms with Crippen molar-refractivity contribution in [3.8, 4) is 0 Å². The zero-order valence-corrected chi connectivity index (χ0v) is 17.3. The molecule has 1 aliphatic carbocycles. The maximum atomic E-state index is 13.0. The lowest BCUT2D eigenvalue weighted by molar-refractivity contribution is -0.135. The molecule has 4 amide bonds. The molecular formula is C22H31N3O3. The van der Waals surface area contributed by atoms with Crippen molar-refractivity contribution in [3.05, 3.63) is 29.8 Å². The minimum Gasteiger partial charge on any atom is -0.324 e. The SMILES string of the molecule is CCc1ccccc1NC(=O)CN1C(=O)NC2(CCC(C(C)(C)C)CC2)C1=O. The normalized spacial score (nSPS) is 25.1. The average molecular weight is 386 g/mol. The molecule has 28 heavy (non-hydrogen) atoms. The third kappa shape index (κ3) is 3.91. The maximum Gasteiger partial charge on any atom is 0.325 e. The van der Waals surface area contributed by atoms with Crippen LogP contribution in [0.2, 0.25) is 0 Å². The smallest absolute Gasteiger partial charge is 0.324 e. The highest BCUT2D eigenvalue weighted by Crippen LogP contribution is 2.43. The molecule has 0 bridgehead atoms. The number of nitrogens with zero attached hydrogens (tertiary/aromatic N) is 1. The van der Waals surface area contributed by atoms with E-state index in [1.807, 2.05) is 31.2 Å². The molecule has 0 aromatic heterocycles. The number of nitrogens with one attached hydrogen (secondary N) is 2. The van der Waals surface area contributed by atoms with Crippen LogP contribution in [0.4, 0.5) is 10.5 Å². The predicted molar refractivity (Wildman–Crippen MR) is 109 cm³/mol. The summed E-state index contributed by atoms with van der Waals surface area (Å²) in [6.07, 6.45) is 3.86. The van der Waals surface area contributed by atoms with Gasteiger partial charge in [0.2, 0.25) is 5.91 Å². The largest absolute Gasteiger partial charge is 0.325 e. The molecule has 0 unspecified atom stereocenters. The summed E-state index contributed by atoms with van der Waals surface area (Å²) in [7, 11) is 0. The summed E-state index contributed by atoms with van der Waals surface area (Å²) in [5, 5.41) is 5.73. The number of carbonyl (C=O) groups excluding carboxylic acids is 3. The van der Waals surface area contributed by atoms with Gasteiger partial charge in [0.25, 0.3) is 5.91 Å². The summed E-state index contributed by atoms with van der Waals surface area (Å²) in [6.45, 7) is 8.41. The highest BCUT2D eigenvalue weighted by atomic mass is 16.2. The molecule has 2 aliphatic rings. The summed E-state index contributed by atoms with van der Waals surface area (Å²) in [5.74, 6) is -0.0839. The maximum absolute atomic E-state index is 13.0. The zero-order valence-electron chi connectivity index (χ0n) is 17.3. The number of para-hydroxylation sites is 1. The number of aryl methyl sites for hydroxylation is 1. The van der Waals surface area contributed by atoms with Crippen molar-refractivity contribution in [3.63, 3.8) is 0 Å². The van der Waals surface area contributed by atoms with E-state index >= 15 is 0 Å². The minimum absolute atomic E-state index is 0.194. The first-order chi connectivity index (χ1) is 13.2. The molecule has 6 heteroatoms. The topological polar surface area (TPSA) is 78.5 Å². The van der Waals surface area contributed by atoms with Gasteiger partial charge in [-0.2, -0.15) is 0 Å². The fourth-order valence-corrected chi connectivity index (χ4v) is 4.42. The Kier molecular flexibility index (Phi) is 5.50. The lowest BCUT2D eigenvalue weighted by Crippen LogP contribution is -2.51. The molecule has 152 valence electrons. The standard InChI is InChI=1S/C22H31N3O3/c1-5-15-8-6-7-9-17(15)23-18(26)14-25-19(27)22(24-20(25)28)12-10-16(11-13-22)21(2,3)4/h6-9,16H,5,10-14H2,1-4H3,(H,23,26)(H,24,28). The lowest BCUT2D eigenvalue weighted by Gasteiger charge is -2.40. The molecule has 2 fully saturated rings. The summed E-state index contributed by atoms with van der Waals surface area (Å²) in [6, 6.07) is 7.09. The van der Waals surface area contributed by atoms with Crippen LogP contribution in [0.1, 0.15) is 58.9 Å². The number of benzene rings is 1. The van der Waals surface area contributed by atoms with Crippen LogP contribution in [0, 0.1) is 11.3 Å². The van der Waals surface area contributed by atoms with Gasteiger partial charge in [0.15, 0.2) is 0 Å². The van der Waals surface area contributed by atoms with E-state index in [0.717, 1.165) is 35.4 Å². The summed E-state index contributed by atoms with van der Waals surface area (Å²) >= 11 is 0. The number of imide groups is 1. The second kappa shape index (κ2) is 7.57. The van der Waals surface area contributed by atoms with Gasteiger partial charge in [-0.1, -0.05) is 45.9 Å². The highest BCUT2D eigenvalue weighted by Gasteiger charge is 2.53. The Balaban J connectivity index is 1.65. The molecule has 1 spiro atoms. The Morgan fingerprint density at radius 2 is 1.86 bits per heavy atom. The first kappa shape index (κ1) is 20.4. The molecular weight excluding hydrogens is 354 g/mol. The number of anilines is 1. The van der Waals surface area contributed by atoms with Crippen molar-refractivity contribution < 1.29 is 14.4 Å². The molecule has 0 radical (unpaired) electrons. The van der Waals surface area contributed by atoms with Crippen LogP contribution in [0.5, 0.6) is 0 Å². The highest BCUT2D eigenvalue weighted by molar-refractivity contribution is 6.10. The monoisotopic (exact) mass is 385 g/mol. The van der Waals surface area contributed by atoms with E-state index in [4.69, 9.17) is 0 Å². The Morgan fingerprint density at radius 3 is 2.46 bits per heavy atom. The van der Waals surface area contributed by atoms with Crippen LogP contribution in [-0.4, -0.2) is 34.8 Å². The first-order valence-electron chi connectivity index (χ1n) is 10.2. The second-order valence-electron chi connectivity index (χ2n) is 9.10. The number of urea groups is 1. The van der Waals surface area contributed by atoms with Crippen LogP contribution in [0.25, 0.3) is 0 Å². The fraction of sp³-hybridized carbons (Fsp3) is 0.591. The van der Waals surface area contributed by atoms with E-state index in [1.165, 1.54) is 0 Å². The molecule has 3 rings (SSSR count). The second-order valence-corrected chi connectivity index (χ2v) is 9.10. The number of hydrogen-bond acceptors (Lipinski definition) is 3. The average Bonchev–Trinajstić information content (AvgIpc) is 2.86. The molecule has 1 saturated heterocycles. The molecule has 1 saturated carbocycles. The van der Waals surface area contributed by atoms with Crippen molar-refractivity contribution in [1.82, 2.24) is 10.2 Å². The van der Waals surface area contributed by atoms with Crippen molar-refractivity contribution >= 4 is 23.5 Å². The van der Waals surface area contributed by atoms with Gasteiger partial charge >= 0.3 is 6.03 Å². The molecule has 6 nitrogen and oxygen atoms in total. The van der Waals surface area contributed by atoms with Gasteiger partial charge in [-0.05, 0) is 55.1 Å². The molecule has 1 heterocycles. The van der Waals surface area contributed by atoms with E-state index in [2.05, 4.69) is 31.4 Å². The molecule has 0 atom stereocenters. The Morgan fingerprint density at radius 1 is 1.21 bits per heavy atom. The van der Waals surface area contributed by atoms with Gasteiger partial charge < -0.3 is 10.6 Å². The van der Waals surface area contributed by atoms with Crippen LogP contribution < -0.4 is 10.6 Å². The number of rotatable bonds is 4. The van der Waals surface area contributed by atoms with Crippen molar-refractivity contribution in [2.45, 2.75) is 65.3 Å². The Labute approximate surface area is 167 Å². The van der Waals surface area contributed by atoms with E-state index in [-0.39, 0.29) is 23.8 Å². The van der Waals surface area contributed by atoms with Gasteiger partial charge in [-0.15, -0.1) is 0 Å². The number of amides is 4. The number of carbonyl (C=O) groups is 3. The molecule has 1 aliphatic heterocycles. The molecule has 1 aromatic rings. The van der Waals surface area contributed by atoms with Gasteiger partial charge in [-0.3, -0.25) is 14.5 Å². The lowest BCUT2D eigenvalue weighted by atomic mass is 9.67. The summed E-state index contributed by atoms with van der Waals surface area (Å²) < 4.78 is 0. The molecule has 1 aromatic carbocycles. The summed E-state index contributed by atoms with van der Waals surface area (Å²) in [4.78, 5) is 39.1. The third-order valence-electron chi connectivity index (χ3n) is 6.28. The van der Waals surface area contributed by atoms with Gasteiger partial charge in [0, 0.05) is 5.69 Å². The van der Waals surface area contributed by atoms with Crippen molar-refractivity contribution in [1.29, 1.82) is 0 Å². The third-order valence-corrected chi connectivity index (χ3v) is 6.28. The van der Waals surface area contributed by atoms with Crippen molar-refractivity contribution in [2.24, 2.45) is 11.3 Å². The quantitative estimate of drug-likeness (QED) is 0.776. The number of hydrogen-bond donors (Lipinski definition) is 2. The first-order valence-corrected chi connectivity index (χ1v) is 10.2. The van der Waals surface area contributed by atoms with Gasteiger partial charge in [0.1, 0.15) is 12.1 Å². The minimum atomic E-state index is -0.833. The van der Waals surface area contributed by atoms with Crippen LogP contribution in [-0.2, 0) is 16.0 Å². The van der Waals surface area contributed by atoms with E-state index < -0.39 is 11.6 Å². The van der Waals surface area contributed by atoms with Gasteiger partial charge in [0.05, 0.1) is 0 Å². The van der Waals surface area contributed by atoms with Crippen LogP contribution >= 0.6 is 0 Å². The Bertz CT molecular complexity index is 773. The predicted octanol–water partition coefficient (Wildman–Crippen LogP) is 3.71. The zero-order chi connectivity index (χ0) is 20.5. The van der Waals surface area contributed by atoms with E-state index in [9.17, 15) is 14.4 Å². The van der Waals surface area contributed by atoms with E-state index in [1.54, 1.807) is 0 Å². The van der Waals surface area contributed by atoms with Crippen LogP contribution in [0.15, 0.2) is 24.3 Å². The van der Waals surface area contributed by atoms with Crippen LogP contribution in [0.3, 0.4) is 0 Å². The molecule has 2 N–H and O–H groups in total. The van der Waals surface area contributed by atoms with E-state index in [0.29, 0.717) is 18.8 Å². The van der Waals surface area contributed by atoms with Gasteiger partial charge in [-0.25, -0.2) is 4.79 Å². The summed E-state index contributed by atoms with van der Waals surface area (Å²) in [5.41, 5.74) is 1.10.